The number of ether oxygens (including phenoxy) is 1. The topological polar surface area (TPSA) is 89.3 Å². The molecule has 0 aromatic carbocycles. The van der Waals surface area contributed by atoms with Gasteiger partial charge < -0.3 is 15.4 Å². The molecule has 7 nitrogen and oxygen atoms in total. The summed E-state index contributed by atoms with van der Waals surface area (Å²) in [6.07, 6.45) is 1.24. The van der Waals surface area contributed by atoms with Crippen LogP contribution in [0.1, 0.15) is 0 Å². The number of nitrogens with zero attached hydrogens (tertiary/aromatic N) is 2. The zero-order chi connectivity index (χ0) is 12.1. The van der Waals surface area contributed by atoms with Crippen LogP contribution < -0.4 is 10.6 Å². The van der Waals surface area contributed by atoms with Gasteiger partial charge in [0.25, 0.3) is 5.69 Å². The van der Waals surface area contributed by atoms with Crippen molar-refractivity contribution in [1.29, 1.82) is 0 Å². The Hall–Kier alpha value is -1.73. The number of nitro groups is 1. The van der Waals surface area contributed by atoms with Gasteiger partial charge in [-0.2, -0.15) is 0 Å². The van der Waals surface area contributed by atoms with E-state index in [1.807, 2.05) is 0 Å². The highest BCUT2D eigenvalue weighted by molar-refractivity contribution is 5.40. The molecule has 0 radical (unpaired) electrons. The molecular weight excluding hydrogens is 224 g/mol. The van der Waals surface area contributed by atoms with E-state index in [0.29, 0.717) is 19.0 Å². The van der Waals surface area contributed by atoms with Crippen LogP contribution in [0.15, 0.2) is 18.3 Å². The van der Waals surface area contributed by atoms with Crippen LogP contribution in [0.3, 0.4) is 0 Å². The largest absolute Gasteiger partial charge is 0.378 e. The molecule has 0 saturated carbocycles. The van der Waals surface area contributed by atoms with Crippen LogP contribution in [0.2, 0.25) is 0 Å². The minimum atomic E-state index is -0.465. The first-order valence-corrected chi connectivity index (χ1v) is 5.41. The second kappa shape index (κ2) is 5.55. The Labute approximate surface area is 98.3 Å². The molecule has 0 amide bonds. The molecule has 2 rings (SSSR count). The van der Waals surface area contributed by atoms with Crippen molar-refractivity contribution in [2.75, 3.05) is 31.6 Å². The minimum absolute atomic E-state index is 0.00493. The van der Waals surface area contributed by atoms with Crippen molar-refractivity contribution in [3.05, 3.63) is 28.4 Å². The highest BCUT2D eigenvalue weighted by Gasteiger charge is 2.12. The maximum atomic E-state index is 10.4. The zero-order valence-electron chi connectivity index (χ0n) is 9.26. The SMILES string of the molecule is O=[N+]([O-])c1ccc(NCC2COCCN2)nc1. The maximum absolute atomic E-state index is 10.4. The van der Waals surface area contributed by atoms with Gasteiger partial charge in [0.2, 0.25) is 0 Å². The third-order valence-electron chi connectivity index (χ3n) is 2.49. The molecule has 0 aliphatic carbocycles. The number of nitrogens with one attached hydrogen (secondary N) is 2. The average Bonchev–Trinajstić information content (AvgIpc) is 2.38. The molecule has 2 N–H and O–H groups in total. The molecule has 1 aliphatic heterocycles. The van der Waals surface area contributed by atoms with Gasteiger partial charge >= 0.3 is 0 Å². The first-order chi connectivity index (χ1) is 8.25. The normalized spacial score (nSPS) is 19.9. The molecule has 1 aromatic rings. The van der Waals surface area contributed by atoms with Crippen molar-refractivity contribution in [3.63, 3.8) is 0 Å². The molecule has 17 heavy (non-hydrogen) atoms. The molecule has 92 valence electrons. The predicted molar refractivity (Wildman–Crippen MR) is 62.0 cm³/mol. The Morgan fingerprint density at radius 1 is 1.65 bits per heavy atom. The Balaban J connectivity index is 1.84. The number of morpholine rings is 1. The standard InChI is InChI=1S/C10H14N4O3/c15-14(16)9-1-2-10(13-6-9)12-5-8-7-17-4-3-11-8/h1-2,6,8,11H,3-5,7H2,(H,12,13). The van der Waals surface area contributed by atoms with Gasteiger partial charge in [0.1, 0.15) is 12.0 Å². The summed E-state index contributed by atoms with van der Waals surface area (Å²) in [5, 5.41) is 16.8. The van der Waals surface area contributed by atoms with Crippen molar-refractivity contribution < 1.29 is 9.66 Å². The number of anilines is 1. The Morgan fingerprint density at radius 3 is 3.12 bits per heavy atom. The van der Waals surface area contributed by atoms with Crippen LogP contribution in [-0.2, 0) is 4.74 Å². The summed E-state index contributed by atoms with van der Waals surface area (Å²) in [5.74, 6) is 0.628. The van der Waals surface area contributed by atoms with Crippen molar-refractivity contribution >= 4 is 11.5 Å². The van der Waals surface area contributed by atoms with Gasteiger partial charge in [0, 0.05) is 25.2 Å². The Kier molecular flexibility index (Phi) is 3.84. The zero-order valence-corrected chi connectivity index (χ0v) is 9.26. The van der Waals surface area contributed by atoms with Gasteiger partial charge in [0.05, 0.1) is 18.1 Å². The van der Waals surface area contributed by atoms with E-state index in [1.165, 1.54) is 12.3 Å². The van der Waals surface area contributed by atoms with E-state index in [4.69, 9.17) is 4.74 Å². The fourth-order valence-corrected chi connectivity index (χ4v) is 1.58. The van der Waals surface area contributed by atoms with Crippen molar-refractivity contribution in [1.82, 2.24) is 10.3 Å². The molecule has 1 atom stereocenters. The van der Waals surface area contributed by atoms with E-state index < -0.39 is 4.92 Å². The van der Waals surface area contributed by atoms with E-state index in [2.05, 4.69) is 15.6 Å². The highest BCUT2D eigenvalue weighted by atomic mass is 16.6. The van der Waals surface area contributed by atoms with E-state index in [-0.39, 0.29) is 11.7 Å². The van der Waals surface area contributed by atoms with Gasteiger partial charge in [-0.05, 0) is 6.07 Å². The van der Waals surface area contributed by atoms with Crippen LogP contribution in [0.4, 0.5) is 11.5 Å². The molecule has 7 heteroatoms. The van der Waals surface area contributed by atoms with E-state index in [9.17, 15) is 10.1 Å². The van der Waals surface area contributed by atoms with Crippen LogP contribution in [0.5, 0.6) is 0 Å². The van der Waals surface area contributed by atoms with Crippen LogP contribution in [0, 0.1) is 10.1 Å². The lowest BCUT2D eigenvalue weighted by Gasteiger charge is -2.24. The Morgan fingerprint density at radius 2 is 2.53 bits per heavy atom. The Bertz CT molecular complexity index is 376. The summed E-state index contributed by atoms with van der Waals surface area (Å²) in [7, 11) is 0. The van der Waals surface area contributed by atoms with Gasteiger partial charge in [-0.15, -0.1) is 0 Å². The van der Waals surface area contributed by atoms with Crippen LogP contribution in [-0.4, -0.2) is 42.3 Å². The smallest absolute Gasteiger partial charge is 0.287 e. The first-order valence-electron chi connectivity index (χ1n) is 5.41. The third kappa shape index (κ3) is 3.36. The highest BCUT2D eigenvalue weighted by Crippen LogP contribution is 2.11. The van der Waals surface area contributed by atoms with E-state index in [0.717, 1.165) is 13.2 Å². The lowest BCUT2D eigenvalue weighted by Crippen LogP contribution is -2.45. The molecule has 0 bridgehead atoms. The van der Waals surface area contributed by atoms with Crippen molar-refractivity contribution in [2.45, 2.75) is 6.04 Å². The lowest BCUT2D eigenvalue weighted by molar-refractivity contribution is -0.385. The van der Waals surface area contributed by atoms with Crippen molar-refractivity contribution in [3.8, 4) is 0 Å². The molecule has 1 aliphatic rings. The first kappa shape index (κ1) is 11.7. The lowest BCUT2D eigenvalue weighted by atomic mass is 10.3. The second-order valence-corrected chi connectivity index (χ2v) is 3.77. The fourth-order valence-electron chi connectivity index (χ4n) is 1.58. The van der Waals surface area contributed by atoms with Gasteiger partial charge in [0.15, 0.2) is 0 Å². The second-order valence-electron chi connectivity index (χ2n) is 3.77. The fraction of sp³-hybridized carbons (Fsp3) is 0.500. The molecular formula is C10H14N4O3. The summed E-state index contributed by atoms with van der Waals surface area (Å²) in [6, 6.07) is 3.28. The van der Waals surface area contributed by atoms with E-state index in [1.54, 1.807) is 6.07 Å². The number of pyridine rings is 1. The maximum Gasteiger partial charge on any atom is 0.287 e. The quantitative estimate of drug-likeness (QED) is 0.582. The summed E-state index contributed by atoms with van der Waals surface area (Å²) in [5.41, 5.74) is -0.00493. The number of hydrogen-bond acceptors (Lipinski definition) is 6. The number of hydrogen-bond donors (Lipinski definition) is 2. The van der Waals surface area contributed by atoms with Gasteiger partial charge in [-0.1, -0.05) is 0 Å². The summed E-state index contributed by atoms with van der Waals surface area (Å²) < 4.78 is 5.31. The predicted octanol–water partition coefficient (Wildman–Crippen LogP) is 0.390. The van der Waals surface area contributed by atoms with E-state index >= 15 is 0 Å². The van der Waals surface area contributed by atoms with Crippen molar-refractivity contribution in [2.24, 2.45) is 0 Å². The average molecular weight is 238 g/mol. The van der Waals surface area contributed by atoms with Crippen LogP contribution in [0.25, 0.3) is 0 Å². The summed E-state index contributed by atoms with van der Waals surface area (Å²) in [4.78, 5) is 13.9. The number of aromatic nitrogens is 1. The molecule has 1 fully saturated rings. The summed E-state index contributed by atoms with van der Waals surface area (Å²) >= 11 is 0. The molecule has 1 unspecified atom stereocenters. The molecule has 0 spiro atoms. The third-order valence-corrected chi connectivity index (χ3v) is 2.49. The molecule has 2 heterocycles. The summed E-state index contributed by atoms with van der Waals surface area (Å²) in [6.45, 7) is 2.94. The minimum Gasteiger partial charge on any atom is -0.378 e. The van der Waals surface area contributed by atoms with Crippen LogP contribution >= 0.6 is 0 Å². The van der Waals surface area contributed by atoms with Gasteiger partial charge in [-0.25, -0.2) is 4.98 Å². The molecule has 1 aromatic heterocycles. The monoisotopic (exact) mass is 238 g/mol. The van der Waals surface area contributed by atoms with Gasteiger partial charge in [-0.3, -0.25) is 10.1 Å². The number of rotatable bonds is 4. The molecule has 1 saturated heterocycles.